The normalized spacial score (nSPS) is 31.7. The molecule has 1 aliphatic rings. The van der Waals surface area contributed by atoms with Gasteiger partial charge >= 0.3 is 0 Å². The average Bonchev–Trinajstić information content (AvgIpc) is 2.31. The van der Waals surface area contributed by atoms with Gasteiger partial charge < -0.3 is 5.73 Å². The molecule has 10 heavy (non-hydrogen) atoms. The molecule has 1 heterocycles. The van der Waals surface area contributed by atoms with Crippen molar-refractivity contribution in [2.75, 3.05) is 0 Å². The van der Waals surface area contributed by atoms with E-state index in [9.17, 15) is 0 Å². The van der Waals surface area contributed by atoms with Crippen molar-refractivity contribution >= 4 is 0 Å². The lowest BCUT2D eigenvalue weighted by molar-refractivity contribution is 0.247. The molecule has 2 N–H and O–H groups in total. The molecule has 1 saturated carbocycles. The third kappa shape index (κ3) is 0.827. The van der Waals surface area contributed by atoms with E-state index in [1.165, 1.54) is 0 Å². The molecule has 0 amide bonds. The zero-order valence-electron chi connectivity index (χ0n) is 5.77. The first kappa shape index (κ1) is 5.92. The topological polar surface area (TPSA) is 43.8 Å². The van der Waals surface area contributed by atoms with Crippen molar-refractivity contribution in [1.82, 2.24) is 9.78 Å². The molecule has 0 aliphatic heterocycles. The molecule has 0 saturated heterocycles. The van der Waals surface area contributed by atoms with Gasteiger partial charge in [-0.3, -0.25) is 4.68 Å². The van der Waals surface area contributed by atoms with Crippen LogP contribution in [-0.2, 0) is 0 Å². The van der Waals surface area contributed by atoms with E-state index in [1.807, 2.05) is 23.1 Å². The Morgan fingerprint density at radius 3 is 2.80 bits per heavy atom. The van der Waals surface area contributed by atoms with Crippen molar-refractivity contribution in [2.24, 2.45) is 5.73 Å². The summed E-state index contributed by atoms with van der Waals surface area (Å²) in [6, 6.07) is 2.93. The van der Waals surface area contributed by atoms with Gasteiger partial charge in [0, 0.05) is 18.4 Å². The molecule has 0 spiro atoms. The second kappa shape index (κ2) is 2.09. The highest BCUT2D eigenvalue weighted by atomic mass is 15.3. The molecular weight excluding hydrogens is 126 g/mol. The quantitative estimate of drug-likeness (QED) is 0.614. The zero-order valence-corrected chi connectivity index (χ0v) is 5.77. The Morgan fingerprint density at radius 1 is 1.50 bits per heavy atom. The summed E-state index contributed by atoms with van der Waals surface area (Å²) >= 11 is 0. The number of rotatable bonds is 1. The molecule has 1 aliphatic carbocycles. The lowest BCUT2D eigenvalue weighted by atomic mass is 9.88. The maximum absolute atomic E-state index is 5.63. The maximum atomic E-state index is 5.63. The molecule has 54 valence electrons. The summed E-state index contributed by atoms with van der Waals surface area (Å²) in [5, 5.41) is 4.13. The number of hydrogen-bond acceptors (Lipinski definition) is 2. The monoisotopic (exact) mass is 137 g/mol. The van der Waals surface area contributed by atoms with Crippen LogP contribution in [0.5, 0.6) is 0 Å². The van der Waals surface area contributed by atoms with Gasteiger partial charge in [0.15, 0.2) is 0 Å². The van der Waals surface area contributed by atoms with E-state index in [2.05, 4.69) is 5.10 Å². The van der Waals surface area contributed by atoms with Gasteiger partial charge in [0.05, 0.1) is 6.04 Å². The standard InChI is InChI=1S/C7H11N3/c8-6-4-7(5-6)10-3-1-2-9-10/h1-3,6-7H,4-5,8H2. The zero-order chi connectivity index (χ0) is 6.97. The molecule has 1 fully saturated rings. The van der Waals surface area contributed by atoms with Gasteiger partial charge in [-0.25, -0.2) is 0 Å². The summed E-state index contributed by atoms with van der Waals surface area (Å²) in [5.74, 6) is 0. The van der Waals surface area contributed by atoms with Crippen LogP contribution in [0.3, 0.4) is 0 Å². The highest BCUT2D eigenvalue weighted by Gasteiger charge is 2.27. The highest BCUT2D eigenvalue weighted by molar-refractivity contribution is 4.90. The molecule has 1 aromatic rings. The summed E-state index contributed by atoms with van der Waals surface area (Å²) in [5.41, 5.74) is 5.63. The first-order valence-corrected chi connectivity index (χ1v) is 3.61. The van der Waals surface area contributed by atoms with Crippen molar-refractivity contribution in [3.05, 3.63) is 18.5 Å². The van der Waals surface area contributed by atoms with E-state index in [-0.39, 0.29) is 0 Å². The van der Waals surface area contributed by atoms with Crippen LogP contribution in [0.25, 0.3) is 0 Å². The van der Waals surface area contributed by atoms with Crippen LogP contribution < -0.4 is 5.73 Å². The van der Waals surface area contributed by atoms with Crippen LogP contribution in [0.1, 0.15) is 18.9 Å². The van der Waals surface area contributed by atoms with E-state index in [0.717, 1.165) is 12.8 Å². The maximum Gasteiger partial charge on any atom is 0.0548 e. The first-order chi connectivity index (χ1) is 4.86. The van der Waals surface area contributed by atoms with Crippen LogP contribution in [0, 0.1) is 0 Å². The number of hydrogen-bond donors (Lipinski definition) is 1. The fraction of sp³-hybridized carbons (Fsp3) is 0.571. The SMILES string of the molecule is NC1CC(n2cccn2)C1. The Labute approximate surface area is 59.8 Å². The van der Waals surface area contributed by atoms with Gasteiger partial charge in [-0.15, -0.1) is 0 Å². The second-order valence-electron chi connectivity index (χ2n) is 2.87. The predicted octanol–water partition coefficient (Wildman–Crippen LogP) is 0.545. The minimum absolute atomic E-state index is 0.411. The molecule has 3 nitrogen and oxygen atoms in total. The molecule has 0 bridgehead atoms. The van der Waals surface area contributed by atoms with Crippen LogP contribution >= 0.6 is 0 Å². The van der Waals surface area contributed by atoms with Crippen molar-refractivity contribution in [1.29, 1.82) is 0 Å². The fourth-order valence-electron chi connectivity index (χ4n) is 1.34. The van der Waals surface area contributed by atoms with Gasteiger partial charge in [0.1, 0.15) is 0 Å². The number of nitrogens with two attached hydrogens (primary N) is 1. The van der Waals surface area contributed by atoms with Gasteiger partial charge in [-0.05, 0) is 18.9 Å². The van der Waals surface area contributed by atoms with E-state index < -0.39 is 0 Å². The molecular formula is C7H11N3. The van der Waals surface area contributed by atoms with Gasteiger partial charge in [-0.2, -0.15) is 5.10 Å². The van der Waals surface area contributed by atoms with Crippen molar-refractivity contribution in [2.45, 2.75) is 24.9 Å². The molecule has 0 radical (unpaired) electrons. The van der Waals surface area contributed by atoms with Crippen molar-refractivity contribution in [3.8, 4) is 0 Å². The second-order valence-corrected chi connectivity index (χ2v) is 2.87. The summed E-state index contributed by atoms with van der Waals surface area (Å²) < 4.78 is 1.99. The van der Waals surface area contributed by atoms with E-state index in [1.54, 1.807) is 0 Å². The Balaban J connectivity index is 2.04. The molecule has 1 aromatic heterocycles. The summed E-state index contributed by atoms with van der Waals surface area (Å²) in [6.07, 6.45) is 5.98. The summed E-state index contributed by atoms with van der Waals surface area (Å²) in [6.45, 7) is 0. The molecule has 0 unspecified atom stereocenters. The van der Waals surface area contributed by atoms with Crippen LogP contribution in [0.2, 0.25) is 0 Å². The summed E-state index contributed by atoms with van der Waals surface area (Å²) in [7, 11) is 0. The van der Waals surface area contributed by atoms with Crippen LogP contribution in [-0.4, -0.2) is 15.8 Å². The smallest absolute Gasteiger partial charge is 0.0548 e. The third-order valence-corrected chi connectivity index (χ3v) is 2.05. The fourth-order valence-corrected chi connectivity index (χ4v) is 1.34. The predicted molar refractivity (Wildman–Crippen MR) is 38.5 cm³/mol. The molecule has 2 rings (SSSR count). The van der Waals surface area contributed by atoms with E-state index >= 15 is 0 Å². The van der Waals surface area contributed by atoms with E-state index in [4.69, 9.17) is 5.73 Å². The molecule has 3 heteroatoms. The van der Waals surface area contributed by atoms with Crippen LogP contribution in [0.15, 0.2) is 18.5 Å². The van der Waals surface area contributed by atoms with Gasteiger partial charge in [0.2, 0.25) is 0 Å². The Hall–Kier alpha value is -0.830. The third-order valence-electron chi connectivity index (χ3n) is 2.05. The van der Waals surface area contributed by atoms with Gasteiger partial charge in [-0.1, -0.05) is 0 Å². The highest BCUT2D eigenvalue weighted by Crippen LogP contribution is 2.29. The minimum Gasteiger partial charge on any atom is -0.328 e. The van der Waals surface area contributed by atoms with Crippen LogP contribution in [0.4, 0.5) is 0 Å². The number of aromatic nitrogens is 2. The lowest BCUT2D eigenvalue weighted by Crippen LogP contribution is -2.37. The largest absolute Gasteiger partial charge is 0.328 e. The van der Waals surface area contributed by atoms with E-state index in [0.29, 0.717) is 12.1 Å². The minimum atomic E-state index is 0.411. The molecule has 0 atom stereocenters. The first-order valence-electron chi connectivity index (χ1n) is 3.61. The Bertz CT molecular complexity index is 199. The molecule has 0 aromatic carbocycles. The van der Waals surface area contributed by atoms with Gasteiger partial charge in [0.25, 0.3) is 0 Å². The lowest BCUT2D eigenvalue weighted by Gasteiger charge is -2.32. The Kier molecular flexibility index (Phi) is 1.24. The summed E-state index contributed by atoms with van der Waals surface area (Å²) in [4.78, 5) is 0. The number of nitrogens with zero attached hydrogens (tertiary/aromatic N) is 2. The Morgan fingerprint density at radius 2 is 2.30 bits per heavy atom. The average molecular weight is 137 g/mol. The van der Waals surface area contributed by atoms with Crippen molar-refractivity contribution in [3.63, 3.8) is 0 Å². The van der Waals surface area contributed by atoms with Crippen molar-refractivity contribution < 1.29 is 0 Å².